The molecule has 0 saturated heterocycles. The first-order valence-electron chi connectivity index (χ1n) is 4.49. The van der Waals surface area contributed by atoms with Crippen LogP contribution in [-0.4, -0.2) is 21.0 Å². The molecule has 84 valence electrons. The summed E-state index contributed by atoms with van der Waals surface area (Å²) in [6, 6.07) is 0. The second-order valence-electron chi connectivity index (χ2n) is 3.05. The average Bonchev–Trinajstić information content (AvgIpc) is 2.83. The number of oxazole rings is 1. The number of carbonyl (C=O) groups is 1. The lowest BCUT2D eigenvalue weighted by Gasteiger charge is -2.00. The van der Waals surface area contributed by atoms with E-state index in [0.717, 1.165) is 5.76 Å². The summed E-state index contributed by atoms with van der Waals surface area (Å²) < 4.78 is 5.25. The molecule has 6 nitrogen and oxygen atoms in total. The second kappa shape index (κ2) is 4.31. The van der Waals surface area contributed by atoms with Crippen LogP contribution in [-0.2, 0) is 6.54 Å². The van der Waals surface area contributed by atoms with Crippen molar-refractivity contribution in [1.82, 2.24) is 9.97 Å². The molecule has 0 amide bonds. The van der Waals surface area contributed by atoms with Crippen LogP contribution in [0.4, 0.5) is 5.00 Å². The van der Waals surface area contributed by atoms with Crippen LogP contribution in [0.25, 0.3) is 0 Å². The van der Waals surface area contributed by atoms with E-state index in [1.807, 2.05) is 0 Å². The van der Waals surface area contributed by atoms with E-state index in [0.29, 0.717) is 17.4 Å². The molecule has 0 bridgehead atoms. The molecule has 0 spiro atoms. The molecule has 2 aromatic heterocycles. The van der Waals surface area contributed by atoms with Crippen molar-refractivity contribution in [3.63, 3.8) is 0 Å². The van der Waals surface area contributed by atoms with Gasteiger partial charge in [-0.05, 0) is 6.92 Å². The third kappa shape index (κ3) is 2.19. The highest BCUT2D eigenvalue weighted by atomic mass is 32.1. The van der Waals surface area contributed by atoms with Crippen LogP contribution in [0.5, 0.6) is 0 Å². The molecule has 2 rings (SSSR count). The number of anilines is 1. The summed E-state index contributed by atoms with van der Waals surface area (Å²) in [4.78, 5) is 18.5. The highest BCUT2D eigenvalue weighted by Gasteiger charge is 2.13. The van der Waals surface area contributed by atoms with E-state index in [1.165, 1.54) is 16.8 Å². The van der Waals surface area contributed by atoms with Crippen LogP contribution in [0.1, 0.15) is 22.1 Å². The molecule has 0 aliphatic carbocycles. The first-order valence-corrected chi connectivity index (χ1v) is 5.36. The Hall–Kier alpha value is -1.89. The Morgan fingerprint density at radius 1 is 1.62 bits per heavy atom. The number of aromatic nitrogens is 2. The number of thiazole rings is 1. The van der Waals surface area contributed by atoms with E-state index in [2.05, 4.69) is 15.3 Å². The van der Waals surface area contributed by atoms with Gasteiger partial charge in [0.1, 0.15) is 10.8 Å². The lowest BCUT2D eigenvalue weighted by atomic mass is 10.4. The number of nitrogens with one attached hydrogen (secondary N) is 1. The van der Waals surface area contributed by atoms with Crippen molar-refractivity contribution in [2.24, 2.45) is 0 Å². The maximum absolute atomic E-state index is 10.8. The van der Waals surface area contributed by atoms with Gasteiger partial charge in [-0.3, -0.25) is 0 Å². The molecule has 0 aliphatic heterocycles. The van der Waals surface area contributed by atoms with E-state index in [9.17, 15) is 4.79 Å². The van der Waals surface area contributed by atoms with Crippen LogP contribution in [0.3, 0.4) is 0 Å². The zero-order valence-corrected chi connectivity index (χ0v) is 9.24. The van der Waals surface area contributed by atoms with E-state index < -0.39 is 5.97 Å². The molecule has 16 heavy (non-hydrogen) atoms. The van der Waals surface area contributed by atoms with Crippen LogP contribution in [0, 0.1) is 6.92 Å². The topological polar surface area (TPSA) is 88.2 Å². The number of nitrogens with zero attached hydrogens (tertiary/aromatic N) is 2. The molecule has 0 aliphatic rings. The van der Waals surface area contributed by atoms with Gasteiger partial charge in [0.05, 0.1) is 18.3 Å². The third-order valence-electron chi connectivity index (χ3n) is 1.84. The molecule has 0 fully saturated rings. The number of carboxylic acid groups (broad SMARTS) is 1. The smallest absolute Gasteiger partial charge is 0.357 e. The van der Waals surface area contributed by atoms with Gasteiger partial charge in [-0.2, -0.15) is 0 Å². The number of rotatable bonds is 4. The number of hydrogen-bond donors (Lipinski definition) is 2. The normalized spacial score (nSPS) is 10.3. The third-order valence-corrected chi connectivity index (χ3v) is 2.62. The monoisotopic (exact) mass is 239 g/mol. The Balaban J connectivity index is 2.04. The fourth-order valence-electron chi connectivity index (χ4n) is 1.16. The number of hydrogen-bond acceptors (Lipinski definition) is 6. The van der Waals surface area contributed by atoms with Crippen molar-refractivity contribution in [3.8, 4) is 0 Å². The van der Waals surface area contributed by atoms with Gasteiger partial charge in [0, 0.05) is 0 Å². The molecule has 7 heteroatoms. The van der Waals surface area contributed by atoms with Crippen molar-refractivity contribution < 1.29 is 14.3 Å². The molecule has 0 aromatic carbocycles. The average molecular weight is 239 g/mol. The van der Waals surface area contributed by atoms with Crippen LogP contribution < -0.4 is 5.32 Å². The van der Waals surface area contributed by atoms with Gasteiger partial charge in [0.2, 0.25) is 5.89 Å². The van der Waals surface area contributed by atoms with Crippen molar-refractivity contribution in [1.29, 1.82) is 0 Å². The van der Waals surface area contributed by atoms with E-state index in [4.69, 9.17) is 9.52 Å². The summed E-state index contributed by atoms with van der Waals surface area (Å²) in [6.45, 7) is 2.14. The van der Waals surface area contributed by atoms with Gasteiger partial charge >= 0.3 is 5.97 Å². The van der Waals surface area contributed by atoms with Crippen LogP contribution >= 0.6 is 11.3 Å². The largest absolute Gasteiger partial charge is 0.476 e. The first-order chi connectivity index (χ1) is 7.66. The maximum atomic E-state index is 10.8. The van der Waals surface area contributed by atoms with Gasteiger partial charge in [-0.1, -0.05) is 0 Å². The first kappa shape index (κ1) is 10.6. The maximum Gasteiger partial charge on any atom is 0.357 e. The second-order valence-corrected chi connectivity index (χ2v) is 3.91. The SMILES string of the molecule is Cc1cnc(CNc2scnc2C(=O)O)o1. The molecule has 0 atom stereocenters. The standard InChI is InChI=1S/C9H9N3O3S/c1-5-2-10-6(15-5)3-11-8-7(9(13)14)12-4-16-8/h2,4,11H,3H2,1H3,(H,13,14). The van der Waals surface area contributed by atoms with Gasteiger partial charge in [0.15, 0.2) is 5.69 Å². The summed E-state index contributed by atoms with van der Waals surface area (Å²) in [7, 11) is 0. The van der Waals surface area contributed by atoms with E-state index in [-0.39, 0.29) is 5.69 Å². The van der Waals surface area contributed by atoms with Crippen LogP contribution in [0.2, 0.25) is 0 Å². The predicted octanol–water partition coefficient (Wildman–Crippen LogP) is 1.75. The quantitative estimate of drug-likeness (QED) is 0.845. The van der Waals surface area contributed by atoms with E-state index >= 15 is 0 Å². The molecule has 0 unspecified atom stereocenters. The van der Waals surface area contributed by atoms with Crippen molar-refractivity contribution >= 4 is 22.3 Å². The highest BCUT2D eigenvalue weighted by Crippen LogP contribution is 2.20. The molecular formula is C9H9N3O3S. The molecule has 0 saturated carbocycles. The Morgan fingerprint density at radius 2 is 2.44 bits per heavy atom. The molecule has 2 heterocycles. The summed E-state index contributed by atoms with van der Waals surface area (Å²) >= 11 is 1.23. The number of aromatic carboxylic acids is 1. The molecule has 2 N–H and O–H groups in total. The summed E-state index contributed by atoms with van der Waals surface area (Å²) in [5.74, 6) is 0.189. The fourth-order valence-corrected chi connectivity index (χ4v) is 1.83. The van der Waals surface area contributed by atoms with Crippen molar-refractivity contribution in [2.75, 3.05) is 5.32 Å². The Kier molecular flexibility index (Phi) is 2.86. The zero-order chi connectivity index (χ0) is 11.5. The Bertz CT molecular complexity index is 506. The van der Waals surface area contributed by atoms with Gasteiger partial charge in [-0.15, -0.1) is 11.3 Å². The number of aryl methyl sites for hydroxylation is 1. The minimum absolute atomic E-state index is 0.0216. The summed E-state index contributed by atoms with van der Waals surface area (Å²) in [5.41, 5.74) is 1.50. The Labute approximate surface area is 95.0 Å². The predicted molar refractivity (Wildman–Crippen MR) is 57.6 cm³/mol. The van der Waals surface area contributed by atoms with E-state index in [1.54, 1.807) is 13.1 Å². The minimum Gasteiger partial charge on any atom is -0.476 e. The van der Waals surface area contributed by atoms with Crippen LogP contribution in [0.15, 0.2) is 16.1 Å². The zero-order valence-electron chi connectivity index (χ0n) is 8.43. The molecule has 0 radical (unpaired) electrons. The lowest BCUT2D eigenvalue weighted by Crippen LogP contribution is -2.04. The minimum atomic E-state index is -1.05. The summed E-state index contributed by atoms with van der Waals surface area (Å²) in [5, 5.41) is 12.2. The fraction of sp³-hybridized carbons (Fsp3) is 0.222. The highest BCUT2D eigenvalue weighted by molar-refractivity contribution is 7.14. The lowest BCUT2D eigenvalue weighted by molar-refractivity contribution is 0.0692. The van der Waals surface area contributed by atoms with Gasteiger partial charge < -0.3 is 14.8 Å². The molecular weight excluding hydrogens is 230 g/mol. The van der Waals surface area contributed by atoms with Crippen molar-refractivity contribution in [3.05, 3.63) is 29.1 Å². The van der Waals surface area contributed by atoms with Crippen molar-refractivity contribution in [2.45, 2.75) is 13.5 Å². The molecule has 2 aromatic rings. The Morgan fingerprint density at radius 3 is 3.06 bits per heavy atom. The van der Waals surface area contributed by atoms with Gasteiger partial charge in [-0.25, -0.2) is 14.8 Å². The number of carboxylic acids is 1. The van der Waals surface area contributed by atoms with Gasteiger partial charge in [0.25, 0.3) is 0 Å². The summed E-state index contributed by atoms with van der Waals surface area (Å²) in [6.07, 6.45) is 1.61.